The van der Waals surface area contributed by atoms with Gasteiger partial charge in [0.25, 0.3) is 0 Å². The van der Waals surface area contributed by atoms with E-state index in [4.69, 9.17) is 4.74 Å². The average molecular weight is 321 g/mol. The summed E-state index contributed by atoms with van der Waals surface area (Å²) in [4.78, 5) is 12.7. The van der Waals surface area contributed by atoms with Gasteiger partial charge in [0.1, 0.15) is 12.4 Å². The van der Waals surface area contributed by atoms with Crippen LogP contribution >= 0.6 is 0 Å². The molecule has 124 valence electrons. The van der Waals surface area contributed by atoms with E-state index >= 15 is 0 Å². The summed E-state index contributed by atoms with van der Waals surface area (Å²) in [7, 11) is 0. The smallest absolute Gasteiger partial charge is 0.170 e. The molecule has 0 N–H and O–H groups in total. The summed E-state index contributed by atoms with van der Waals surface area (Å²) in [6.45, 7) is 7.14. The van der Waals surface area contributed by atoms with Gasteiger partial charge in [0.2, 0.25) is 0 Å². The molecule has 3 heteroatoms. The maximum Gasteiger partial charge on any atom is 0.170 e. The summed E-state index contributed by atoms with van der Waals surface area (Å²) in [6, 6.07) is 17.8. The zero-order chi connectivity index (χ0) is 17.2. The molecule has 1 heterocycles. The number of nitrogens with zero attached hydrogens (tertiary/aromatic N) is 1. The van der Waals surface area contributed by atoms with Crippen LogP contribution in [0.1, 0.15) is 31.1 Å². The van der Waals surface area contributed by atoms with Crippen LogP contribution in [-0.4, -0.2) is 17.0 Å². The van der Waals surface area contributed by atoms with Crippen LogP contribution in [0, 0.1) is 5.41 Å². The highest BCUT2D eigenvalue weighted by Crippen LogP contribution is 2.28. The molecule has 0 unspecified atom stereocenters. The first-order valence-electron chi connectivity index (χ1n) is 8.27. The molecule has 0 fully saturated rings. The Morgan fingerprint density at radius 3 is 2.38 bits per heavy atom. The first-order valence-corrected chi connectivity index (χ1v) is 8.27. The number of hydrogen-bond donors (Lipinski definition) is 0. The summed E-state index contributed by atoms with van der Waals surface area (Å²) in [5, 5.41) is 1.01. The second-order valence-electron chi connectivity index (χ2n) is 6.99. The number of ketones is 1. The van der Waals surface area contributed by atoms with Crippen molar-refractivity contribution in [3.8, 4) is 5.75 Å². The lowest BCUT2D eigenvalue weighted by Gasteiger charge is -2.15. The molecule has 1 aromatic heterocycles. The first-order chi connectivity index (χ1) is 11.5. The molecule has 3 aromatic rings. The van der Waals surface area contributed by atoms with Gasteiger partial charge in [-0.15, -0.1) is 0 Å². The van der Waals surface area contributed by atoms with Crippen molar-refractivity contribution in [1.29, 1.82) is 0 Å². The molecule has 2 aromatic carbocycles. The van der Waals surface area contributed by atoms with Crippen molar-refractivity contribution in [2.45, 2.75) is 27.3 Å². The molecule has 3 nitrogen and oxygen atoms in total. The van der Waals surface area contributed by atoms with Crippen molar-refractivity contribution in [2.24, 2.45) is 5.41 Å². The van der Waals surface area contributed by atoms with E-state index in [2.05, 4.69) is 10.6 Å². The minimum atomic E-state index is -0.393. The van der Waals surface area contributed by atoms with Gasteiger partial charge in [-0.2, -0.15) is 0 Å². The average Bonchev–Trinajstić information content (AvgIpc) is 2.93. The summed E-state index contributed by atoms with van der Waals surface area (Å²) in [5.41, 5.74) is 1.47. The highest BCUT2D eigenvalue weighted by molar-refractivity contribution is 6.10. The van der Waals surface area contributed by atoms with E-state index in [9.17, 15) is 4.79 Å². The van der Waals surface area contributed by atoms with Crippen LogP contribution in [0.2, 0.25) is 0 Å². The minimum absolute atomic E-state index is 0.168. The van der Waals surface area contributed by atoms with Crippen LogP contribution in [0.4, 0.5) is 0 Å². The molecular formula is C21H23NO2. The maximum atomic E-state index is 12.7. The van der Waals surface area contributed by atoms with Gasteiger partial charge >= 0.3 is 0 Å². The van der Waals surface area contributed by atoms with Crippen molar-refractivity contribution in [3.05, 3.63) is 66.4 Å². The van der Waals surface area contributed by atoms with Crippen LogP contribution in [0.3, 0.4) is 0 Å². The standard InChI is InChI=1S/C21H23NO2/c1-21(2,3)20(23)18-15-22(19-12-8-7-11-17(18)19)13-14-24-16-9-5-4-6-10-16/h4-12,15H,13-14H2,1-3H3. The highest BCUT2D eigenvalue weighted by atomic mass is 16.5. The predicted octanol–water partition coefficient (Wildman–Crippen LogP) is 4.95. The number of carbonyl (C=O) groups is 1. The molecule has 0 aliphatic heterocycles. The van der Waals surface area contributed by atoms with E-state index in [0.717, 1.165) is 22.2 Å². The normalized spacial score (nSPS) is 11.6. The third kappa shape index (κ3) is 3.35. The van der Waals surface area contributed by atoms with Crippen molar-refractivity contribution >= 4 is 16.7 Å². The Morgan fingerprint density at radius 1 is 1.00 bits per heavy atom. The van der Waals surface area contributed by atoms with Crippen molar-refractivity contribution in [2.75, 3.05) is 6.61 Å². The van der Waals surface area contributed by atoms with Crippen molar-refractivity contribution < 1.29 is 9.53 Å². The number of rotatable bonds is 5. The van der Waals surface area contributed by atoms with Gasteiger partial charge in [-0.1, -0.05) is 57.2 Å². The van der Waals surface area contributed by atoms with Crippen molar-refractivity contribution in [1.82, 2.24) is 4.57 Å². The lowest BCUT2D eigenvalue weighted by molar-refractivity contribution is 0.0860. The molecule has 0 aliphatic rings. The summed E-state index contributed by atoms with van der Waals surface area (Å²) in [5.74, 6) is 1.03. The third-order valence-electron chi connectivity index (χ3n) is 4.06. The van der Waals surface area contributed by atoms with Crippen LogP contribution in [-0.2, 0) is 6.54 Å². The van der Waals surface area contributed by atoms with Gasteiger partial charge in [0.15, 0.2) is 5.78 Å². The largest absolute Gasteiger partial charge is 0.492 e. The second kappa shape index (κ2) is 6.52. The van der Waals surface area contributed by atoms with E-state index in [0.29, 0.717) is 13.2 Å². The SMILES string of the molecule is CC(C)(C)C(=O)c1cn(CCOc2ccccc2)c2ccccc12. The number of carbonyl (C=O) groups excluding carboxylic acids is 1. The lowest BCUT2D eigenvalue weighted by atomic mass is 9.86. The van der Waals surface area contributed by atoms with E-state index in [-0.39, 0.29) is 5.78 Å². The lowest BCUT2D eigenvalue weighted by Crippen LogP contribution is -2.20. The minimum Gasteiger partial charge on any atom is -0.492 e. The molecule has 0 bridgehead atoms. The first kappa shape index (κ1) is 16.3. The predicted molar refractivity (Wildman–Crippen MR) is 97.7 cm³/mol. The van der Waals surface area contributed by atoms with Gasteiger partial charge in [0.05, 0.1) is 6.54 Å². The number of aromatic nitrogens is 1. The number of para-hydroxylation sites is 2. The van der Waals surface area contributed by atoms with E-state index in [1.807, 2.05) is 75.5 Å². The molecule has 0 atom stereocenters. The van der Waals surface area contributed by atoms with Crippen LogP contribution in [0.15, 0.2) is 60.8 Å². The van der Waals surface area contributed by atoms with Crippen LogP contribution in [0.25, 0.3) is 10.9 Å². The molecule has 0 saturated carbocycles. The number of benzene rings is 2. The zero-order valence-electron chi connectivity index (χ0n) is 14.5. The fourth-order valence-electron chi connectivity index (χ4n) is 2.80. The van der Waals surface area contributed by atoms with E-state index < -0.39 is 5.41 Å². The summed E-state index contributed by atoms with van der Waals surface area (Å²) < 4.78 is 7.90. The Morgan fingerprint density at radius 2 is 1.67 bits per heavy atom. The Labute approximate surface area is 142 Å². The van der Waals surface area contributed by atoms with Gasteiger partial charge in [-0.05, 0) is 18.2 Å². The molecule has 0 spiro atoms. The fraction of sp³-hybridized carbons (Fsp3) is 0.286. The topological polar surface area (TPSA) is 31.2 Å². The van der Waals surface area contributed by atoms with Gasteiger partial charge in [-0.3, -0.25) is 4.79 Å². The number of Topliss-reactive ketones (excluding diaryl/α,β-unsaturated/α-hetero) is 1. The zero-order valence-corrected chi connectivity index (χ0v) is 14.5. The third-order valence-corrected chi connectivity index (χ3v) is 4.06. The summed E-state index contributed by atoms with van der Waals surface area (Å²) in [6.07, 6.45) is 1.96. The Hall–Kier alpha value is -2.55. The molecule has 0 radical (unpaired) electrons. The monoisotopic (exact) mass is 321 g/mol. The Kier molecular flexibility index (Phi) is 4.43. The number of fused-ring (bicyclic) bond motifs is 1. The highest BCUT2D eigenvalue weighted by Gasteiger charge is 2.26. The molecule has 0 saturated heterocycles. The molecule has 24 heavy (non-hydrogen) atoms. The Balaban J connectivity index is 1.85. The Bertz CT molecular complexity index is 841. The second-order valence-corrected chi connectivity index (χ2v) is 6.99. The number of hydrogen-bond acceptors (Lipinski definition) is 2. The quantitative estimate of drug-likeness (QED) is 0.623. The van der Waals surface area contributed by atoms with Crippen molar-refractivity contribution in [3.63, 3.8) is 0 Å². The van der Waals surface area contributed by atoms with E-state index in [1.165, 1.54) is 0 Å². The number of ether oxygens (including phenoxy) is 1. The maximum absolute atomic E-state index is 12.7. The fourth-order valence-corrected chi connectivity index (χ4v) is 2.80. The summed E-state index contributed by atoms with van der Waals surface area (Å²) >= 11 is 0. The van der Waals surface area contributed by atoms with E-state index in [1.54, 1.807) is 0 Å². The molecule has 0 amide bonds. The van der Waals surface area contributed by atoms with Gasteiger partial charge < -0.3 is 9.30 Å². The molecule has 3 rings (SSSR count). The van der Waals surface area contributed by atoms with Crippen LogP contribution in [0.5, 0.6) is 5.75 Å². The molecule has 0 aliphatic carbocycles. The van der Waals surface area contributed by atoms with Crippen LogP contribution < -0.4 is 4.74 Å². The molecular weight excluding hydrogens is 298 g/mol. The van der Waals surface area contributed by atoms with Gasteiger partial charge in [0, 0.05) is 28.1 Å². The van der Waals surface area contributed by atoms with Gasteiger partial charge in [-0.25, -0.2) is 0 Å².